The molecule has 0 radical (unpaired) electrons. The maximum absolute atomic E-state index is 12.5. The molecule has 3 heterocycles. The van der Waals surface area contributed by atoms with Crippen molar-refractivity contribution in [2.75, 3.05) is 29.9 Å². The number of benzene rings is 1. The highest BCUT2D eigenvalue weighted by Crippen LogP contribution is 2.24. The van der Waals surface area contributed by atoms with Crippen molar-refractivity contribution in [1.29, 1.82) is 0 Å². The highest BCUT2D eigenvalue weighted by molar-refractivity contribution is 5.77. The predicted molar refractivity (Wildman–Crippen MR) is 118 cm³/mol. The normalized spacial score (nSPS) is 14.8. The number of nitrogens with zero attached hydrogens (tertiary/aromatic N) is 5. The van der Waals surface area contributed by atoms with Gasteiger partial charge in [0, 0.05) is 39.3 Å². The van der Waals surface area contributed by atoms with Crippen LogP contribution in [0.15, 0.2) is 36.5 Å². The zero-order chi connectivity index (χ0) is 20.9. The number of piperidine rings is 1. The Kier molecular flexibility index (Phi) is 6.11. The second kappa shape index (κ2) is 9.11. The van der Waals surface area contributed by atoms with Crippen molar-refractivity contribution >= 4 is 28.7 Å². The molecule has 0 spiro atoms. The molecule has 0 aliphatic carbocycles. The number of anilines is 2. The van der Waals surface area contributed by atoms with Crippen LogP contribution in [0.3, 0.4) is 0 Å². The molecular formula is C22H29N7O. The van der Waals surface area contributed by atoms with Crippen molar-refractivity contribution in [3.05, 3.63) is 42.4 Å². The number of para-hydroxylation sites is 2. The second-order valence-corrected chi connectivity index (χ2v) is 7.76. The molecule has 2 N–H and O–H groups in total. The molecule has 0 unspecified atom stereocenters. The first-order valence-electron chi connectivity index (χ1n) is 10.6. The lowest BCUT2D eigenvalue weighted by Gasteiger charge is -2.32. The molecule has 2 aromatic heterocycles. The summed E-state index contributed by atoms with van der Waals surface area (Å²) in [5.74, 6) is 2.98. The molecule has 0 atom stereocenters. The number of hydrogen-bond acceptors (Lipinski definition) is 6. The summed E-state index contributed by atoms with van der Waals surface area (Å²) in [7, 11) is 1.99. The molecule has 30 heavy (non-hydrogen) atoms. The van der Waals surface area contributed by atoms with Crippen molar-refractivity contribution in [1.82, 2.24) is 24.8 Å². The summed E-state index contributed by atoms with van der Waals surface area (Å²) in [6.07, 6.45) is 4.33. The number of carbonyl (C=O) groups is 1. The number of hydrogen-bond donors (Lipinski definition) is 2. The van der Waals surface area contributed by atoms with Gasteiger partial charge in [0.15, 0.2) is 0 Å². The highest BCUT2D eigenvalue weighted by atomic mass is 16.1. The lowest BCUT2D eigenvalue weighted by Crippen LogP contribution is -2.36. The molecule has 158 valence electrons. The summed E-state index contributed by atoms with van der Waals surface area (Å²) in [5, 5.41) is 6.20. The summed E-state index contributed by atoms with van der Waals surface area (Å²) < 4.78 is 2.04. The minimum Gasteiger partial charge on any atom is -0.356 e. The van der Waals surface area contributed by atoms with Crippen LogP contribution in [-0.4, -0.2) is 45.1 Å². The van der Waals surface area contributed by atoms with Gasteiger partial charge in [0.25, 0.3) is 0 Å². The van der Waals surface area contributed by atoms with Crippen molar-refractivity contribution in [2.45, 2.75) is 32.7 Å². The van der Waals surface area contributed by atoms with Crippen molar-refractivity contribution in [2.24, 2.45) is 13.0 Å². The number of aromatic nitrogens is 4. The zero-order valence-corrected chi connectivity index (χ0v) is 17.6. The van der Waals surface area contributed by atoms with Crippen molar-refractivity contribution in [3.63, 3.8) is 0 Å². The van der Waals surface area contributed by atoms with E-state index in [0.29, 0.717) is 24.8 Å². The smallest absolute Gasteiger partial charge is 0.224 e. The Morgan fingerprint density at radius 1 is 1.17 bits per heavy atom. The number of amides is 1. The van der Waals surface area contributed by atoms with E-state index in [0.717, 1.165) is 55.2 Å². The number of nitrogens with one attached hydrogen (secondary N) is 2. The van der Waals surface area contributed by atoms with Gasteiger partial charge in [-0.15, -0.1) is 0 Å². The number of fused-ring (bicyclic) bond motifs is 1. The van der Waals surface area contributed by atoms with Crippen molar-refractivity contribution < 1.29 is 4.79 Å². The Morgan fingerprint density at radius 3 is 2.73 bits per heavy atom. The summed E-state index contributed by atoms with van der Waals surface area (Å²) in [6.45, 7) is 5.10. The first-order chi connectivity index (χ1) is 14.6. The van der Waals surface area contributed by atoms with Gasteiger partial charge < -0.3 is 20.1 Å². The van der Waals surface area contributed by atoms with Crippen LogP contribution in [0.2, 0.25) is 0 Å². The van der Waals surface area contributed by atoms with Gasteiger partial charge in [-0.3, -0.25) is 4.79 Å². The first kappa shape index (κ1) is 20.1. The number of aryl methyl sites for hydroxylation is 1. The van der Waals surface area contributed by atoms with Gasteiger partial charge in [0.1, 0.15) is 11.6 Å². The molecule has 1 aromatic carbocycles. The third-order valence-electron chi connectivity index (χ3n) is 5.71. The minimum atomic E-state index is 0.0944. The molecule has 1 amide bonds. The number of carbonyl (C=O) groups excluding carboxylic acids is 1. The Balaban J connectivity index is 1.26. The van der Waals surface area contributed by atoms with Crippen LogP contribution in [0.1, 0.15) is 32.0 Å². The van der Waals surface area contributed by atoms with Crippen LogP contribution < -0.4 is 15.5 Å². The molecule has 0 bridgehead atoms. The average Bonchev–Trinajstić information content (AvgIpc) is 3.09. The van der Waals surface area contributed by atoms with E-state index in [1.165, 1.54) is 0 Å². The molecule has 1 aliphatic heterocycles. The molecule has 8 nitrogen and oxygen atoms in total. The average molecular weight is 408 g/mol. The number of rotatable bonds is 7. The molecule has 1 saturated heterocycles. The predicted octanol–water partition coefficient (Wildman–Crippen LogP) is 2.72. The van der Waals surface area contributed by atoms with Gasteiger partial charge in [0.2, 0.25) is 11.9 Å². The van der Waals surface area contributed by atoms with Gasteiger partial charge in [-0.1, -0.05) is 12.1 Å². The minimum absolute atomic E-state index is 0.0944. The van der Waals surface area contributed by atoms with E-state index in [9.17, 15) is 4.79 Å². The zero-order valence-electron chi connectivity index (χ0n) is 17.6. The van der Waals surface area contributed by atoms with Gasteiger partial charge in [-0.2, -0.15) is 4.98 Å². The van der Waals surface area contributed by atoms with Gasteiger partial charge in [-0.05, 0) is 43.9 Å². The molecule has 3 aromatic rings. The monoisotopic (exact) mass is 407 g/mol. The topological polar surface area (TPSA) is 88.0 Å². The van der Waals surface area contributed by atoms with E-state index < -0.39 is 0 Å². The summed E-state index contributed by atoms with van der Waals surface area (Å²) in [5.41, 5.74) is 2.04. The SMILES string of the molecule is CCNc1nccc(N2CCC(CC(=O)NCc3nc4ccccc4n3C)CC2)n1. The van der Waals surface area contributed by atoms with E-state index in [1.807, 2.05) is 48.9 Å². The quantitative estimate of drug-likeness (QED) is 0.626. The highest BCUT2D eigenvalue weighted by Gasteiger charge is 2.22. The molecular weight excluding hydrogens is 378 g/mol. The van der Waals surface area contributed by atoms with Crippen LogP contribution in [-0.2, 0) is 18.4 Å². The van der Waals surface area contributed by atoms with Crippen LogP contribution in [0.25, 0.3) is 11.0 Å². The van der Waals surface area contributed by atoms with Gasteiger partial charge >= 0.3 is 0 Å². The fourth-order valence-corrected chi connectivity index (χ4v) is 4.00. The molecule has 4 rings (SSSR count). The van der Waals surface area contributed by atoms with Gasteiger partial charge in [0.05, 0.1) is 17.6 Å². The lowest BCUT2D eigenvalue weighted by atomic mass is 9.93. The van der Waals surface area contributed by atoms with E-state index in [2.05, 4.69) is 30.5 Å². The van der Waals surface area contributed by atoms with E-state index in [4.69, 9.17) is 0 Å². The first-order valence-corrected chi connectivity index (χ1v) is 10.6. The standard InChI is InChI=1S/C22H29N7O/c1-3-23-22-24-11-8-19(27-22)29-12-9-16(10-13-29)14-21(30)25-15-20-26-17-6-4-5-7-18(17)28(20)2/h4-8,11,16H,3,9-10,12-15H2,1-2H3,(H,25,30)(H,23,24,27). The number of imidazole rings is 1. The Bertz CT molecular complexity index is 1010. The maximum Gasteiger partial charge on any atom is 0.224 e. The Morgan fingerprint density at radius 2 is 1.97 bits per heavy atom. The van der Waals surface area contributed by atoms with Gasteiger partial charge in [-0.25, -0.2) is 9.97 Å². The van der Waals surface area contributed by atoms with Crippen LogP contribution in [0.4, 0.5) is 11.8 Å². The summed E-state index contributed by atoms with van der Waals surface area (Å²) in [6, 6.07) is 9.96. The molecule has 0 saturated carbocycles. The largest absolute Gasteiger partial charge is 0.356 e. The maximum atomic E-state index is 12.5. The Labute approximate surface area is 176 Å². The third kappa shape index (κ3) is 4.53. The fraction of sp³-hybridized carbons (Fsp3) is 0.455. The molecule has 1 aliphatic rings. The van der Waals surface area contributed by atoms with Crippen LogP contribution >= 0.6 is 0 Å². The fourth-order valence-electron chi connectivity index (χ4n) is 4.00. The van der Waals surface area contributed by atoms with E-state index >= 15 is 0 Å². The molecule has 1 fully saturated rings. The van der Waals surface area contributed by atoms with Crippen LogP contribution in [0.5, 0.6) is 0 Å². The van der Waals surface area contributed by atoms with Crippen LogP contribution in [0, 0.1) is 5.92 Å². The summed E-state index contributed by atoms with van der Waals surface area (Å²) in [4.78, 5) is 28.2. The summed E-state index contributed by atoms with van der Waals surface area (Å²) >= 11 is 0. The van der Waals surface area contributed by atoms with E-state index in [-0.39, 0.29) is 5.91 Å². The molecule has 8 heteroatoms. The third-order valence-corrected chi connectivity index (χ3v) is 5.71. The van der Waals surface area contributed by atoms with Crippen molar-refractivity contribution in [3.8, 4) is 0 Å². The lowest BCUT2D eigenvalue weighted by molar-refractivity contribution is -0.122. The van der Waals surface area contributed by atoms with E-state index in [1.54, 1.807) is 6.20 Å². The second-order valence-electron chi connectivity index (χ2n) is 7.76. The Hall–Kier alpha value is -3.16.